The molecule has 1 saturated heterocycles. The molecule has 1 fully saturated rings. The summed E-state index contributed by atoms with van der Waals surface area (Å²) in [7, 11) is 0. The van der Waals surface area contributed by atoms with E-state index in [0.717, 1.165) is 35.9 Å². The number of pyridine rings is 1. The minimum Gasteiger partial charge on any atom is -0.357 e. The Morgan fingerprint density at radius 1 is 1.13 bits per heavy atom. The summed E-state index contributed by atoms with van der Waals surface area (Å²) in [5.41, 5.74) is 2.60. The van der Waals surface area contributed by atoms with Crippen molar-refractivity contribution < 1.29 is 4.79 Å². The third kappa shape index (κ3) is 3.97. The molecule has 0 unspecified atom stereocenters. The lowest BCUT2D eigenvalue weighted by molar-refractivity contribution is -0.111. The van der Waals surface area contributed by atoms with Crippen LogP contribution in [0.1, 0.15) is 24.1 Å². The number of amides is 1. The molecule has 1 amide bonds. The molecule has 1 aliphatic rings. The van der Waals surface area contributed by atoms with Gasteiger partial charge in [-0.25, -0.2) is 4.98 Å². The number of nitrogens with one attached hydrogen (secondary N) is 1. The van der Waals surface area contributed by atoms with Gasteiger partial charge in [-0.1, -0.05) is 30.3 Å². The molecule has 4 heteroatoms. The topological polar surface area (TPSA) is 45.2 Å². The Balaban J connectivity index is 1.65. The molecule has 2 aromatic rings. The van der Waals surface area contributed by atoms with E-state index in [0.29, 0.717) is 0 Å². The van der Waals surface area contributed by atoms with Gasteiger partial charge in [-0.2, -0.15) is 0 Å². The maximum absolute atomic E-state index is 12.0. The number of carbonyl (C=O) groups excluding carboxylic acids is 1. The summed E-state index contributed by atoms with van der Waals surface area (Å²) in [6.45, 7) is 4.06. The molecule has 3 rings (SSSR count). The molecule has 4 nitrogen and oxygen atoms in total. The van der Waals surface area contributed by atoms with E-state index in [1.165, 1.54) is 12.8 Å². The first-order valence-corrected chi connectivity index (χ1v) is 7.99. The zero-order valence-electron chi connectivity index (χ0n) is 13.3. The van der Waals surface area contributed by atoms with Crippen molar-refractivity contribution in [1.82, 2.24) is 4.98 Å². The van der Waals surface area contributed by atoms with Gasteiger partial charge in [-0.15, -0.1) is 0 Å². The van der Waals surface area contributed by atoms with E-state index in [2.05, 4.69) is 15.2 Å². The number of carbonyl (C=O) groups is 1. The minimum atomic E-state index is -0.146. The normalized spacial score (nSPS) is 14.4. The first kappa shape index (κ1) is 15.3. The molecule has 1 aromatic heterocycles. The van der Waals surface area contributed by atoms with Crippen molar-refractivity contribution in [3.8, 4) is 0 Å². The summed E-state index contributed by atoms with van der Waals surface area (Å²) in [6.07, 6.45) is 5.80. The zero-order chi connectivity index (χ0) is 16.1. The minimum absolute atomic E-state index is 0.146. The highest BCUT2D eigenvalue weighted by atomic mass is 16.1. The van der Waals surface area contributed by atoms with Crippen molar-refractivity contribution in [2.75, 3.05) is 23.3 Å². The van der Waals surface area contributed by atoms with Gasteiger partial charge in [0.15, 0.2) is 0 Å². The van der Waals surface area contributed by atoms with Gasteiger partial charge >= 0.3 is 0 Å². The molecular formula is C19H21N3O. The second-order valence-corrected chi connectivity index (χ2v) is 5.73. The van der Waals surface area contributed by atoms with Crippen LogP contribution in [0, 0.1) is 6.92 Å². The second kappa shape index (κ2) is 7.09. The Hall–Kier alpha value is -2.62. The fraction of sp³-hybridized carbons (Fsp3) is 0.263. The molecular weight excluding hydrogens is 286 g/mol. The number of nitrogens with zero attached hydrogens (tertiary/aromatic N) is 2. The number of aryl methyl sites for hydroxylation is 1. The molecule has 0 radical (unpaired) electrons. The summed E-state index contributed by atoms with van der Waals surface area (Å²) in [5, 5.41) is 2.89. The monoisotopic (exact) mass is 307 g/mol. The van der Waals surface area contributed by atoms with Crippen molar-refractivity contribution in [2.45, 2.75) is 19.8 Å². The molecule has 1 aliphatic heterocycles. The summed E-state index contributed by atoms with van der Waals surface area (Å²) in [4.78, 5) is 18.9. The van der Waals surface area contributed by atoms with Crippen LogP contribution in [-0.4, -0.2) is 24.0 Å². The number of hydrogen-bond acceptors (Lipinski definition) is 3. The smallest absolute Gasteiger partial charge is 0.248 e. The predicted molar refractivity (Wildman–Crippen MR) is 94.5 cm³/mol. The molecule has 0 aliphatic carbocycles. The number of rotatable bonds is 4. The average Bonchev–Trinajstić information content (AvgIpc) is 3.10. The molecule has 118 valence electrons. The molecule has 0 bridgehead atoms. The number of hydrogen-bond donors (Lipinski definition) is 1. The van der Waals surface area contributed by atoms with Gasteiger partial charge in [0, 0.05) is 19.2 Å². The quantitative estimate of drug-likeness (QED) is 0.877. The van der Waals surface area contributed by atoms with Crippen LogP contribution in [0.5, 0.6) is 0 Å². The Kier molecular flexibility index (Phi) is 4.71. The van der Waals surface area contributed by atoms with Gasteiger partial charge in [0.05, 0.1) is 11.4 Å². The maximum Gasteiger partial charge on any atom is 0.248 e. The number of benzene rings is 1. The van der Waals surface area contributed by atoms with Gasteiger partial charge in [0.2, 0.25) is 5.91 Å². The summed E-state index contributed by atoms with van der Waals surface area (Å²) in [5.74, 6) is 0.852. The van der Waals surface area contributed by atoms with Gasteiger partial charge in [0.1, 0.15) is 5.82 Å². The van der Waals surface area contributed by atoms with E-state index in [1.54, 1.807) is 12.2 Å². The van der Waals surface area contributed by atoms with Crippen molar-refractivity contribution in [3.05, 3.63) is 59.8 Å². The summed E-state index contributed by atoms with van der Waals surface area (Å²) < 4.78 is 0. The third-order valence-corrected chi connectivity index (χ3v) is 3.99. The zero-order valence-corrected chi connectivity index (χ0v) is 13.3. The summed E-state index contributed by atoms with van der Waals surface area (Å²) >= 11 is 0. The highest BCUT2D eigenvalue weighted by Gasteiger charge is 2.14. The lowest BCUT2D eigenvalue weighted by atomic mass is 10.2. The second-order valence-electron chi connectivity index (χ2n) is 5.73. The Morgan fingerprint density at radius 3 is 2.57 bits per heavy atom. The van der Waals surface area contributed by atoms with Gasteiger partial charge < -0.3 is 10.2 Å². The Bertz CT molecular complexity index is 704. The highest BCUT2D eigenvalue weighted by Crippen LogP contribution is 2.22. The van der Waals surface area contributed by atoms with Crippen LogP contribution in [0.2, 0.25) is 0 Å². The number of anilines is 2. The van der Waals surface area contributed by atoms with Crippen LogP contribution < -0.4 is 10.2 Å². The summed E-state index contributed by atoms with van der Waals surface area (Å²) in [6, 6.07) is 13.7. The van der Waals surface area contributed by atoms with Crippen LogP contribution >= 0.6 is 0 Å². The van der Waals surface area contributed by atoms with Crippen LogP contribution in [-0.2, 0) is 4.79 Å². The van der Waals surface area contributed by atoms with Crippen LogP contribution in [0.3, 0.4) is 0 Å². The van der Waals surface area contributed by atoms with Crippen LogP contribution in [0.4, 0.5) is 11.5 Å². The van der Waals surface area contributed by atoms with Crippen LogP contribution in [0.25, 0.3) is 6.08 Å². The van der Waals surface area contributed by atoms with Crippen molar-refractivity contribution in [1.29, 1.82) is 0 Å². The fourth-order valence-electron chi connectivity index (χ4n) is 2.71. The van der Waals surface area contributed by atoms with E-state index in [9.17, 15) is 4.79 Å². The molecule has 0 saturated carbocycles. The highest BCUT2D eigenvalue weighted by molar-refractivity contribution is 6.02. The Morgan fingerprint density at radius 2 is 1.87 bits per heavy atom. The van der Waals surface area contributed by atoms with Crippen molar-refractivity contribution >= 4 is 23.5 Å². The van der Waals surface area contributed by atoms with E-state index in [-0.39, 0.29) is 5.91 Å². The Labute approximate surface area is 136 Å². The molecule has 23 heavy (non-hydrogen) atoms. The predicted octanol–water partition coefficient (Wildman–Crippen LogP) is 3.64. The SMILES string of the molecule is Cc1nc(N2CCCC2)ccc1NC(=O)/C=C/c1ccccc1. The van der Waals surface area contributed by atoms with E-state index in [1.807, 2.05) is 49.4 Å². The third-order valence-electron chi connectivity index (χ3n) is 3.99. The van der Waals surface area contributed by atoms with E-state index in [4.69, 9.17) is 0 Å². The van der Waals surface area contributed by atoms with Crippen molar-refractivity contribution in [2.24, 2.45) is 0 Å². The molecule has 0 spiro atoms. The van der Waals surface area contributed by atoms with Crippen molar-refractivity contribution in [3.63, 3.8) is 0 Å². The lowest BCUT2D eigenvalue weighted by Gasteiger charge is -2.17. The van der Waals surface area contributed by atoms with E-state index < -0.39 is 0 Å². The molecule has 0 atom stereocenters. The standard InChI is InChI=1S/C19H21N3O/c1-15-17(10-11-18(20-15)22-13-5-6-14-22)21-19(23)12-9-16-7-3-2-4-8-16/h2-4,7-12H,5-6,13-14H2,1H3,(H,21,23)/b12-9+. The maximum atomic E-state index is 12.0. The molecule has 1 aromatic carbocycles. The fourth-order valence-corrected chi connectivity index (χ4v) is 2.71. The van der Waals surface area contributed by atoms with E-state index >= 15 is 0 Å². The largest absolute Gasteiger partial charge is 0.357 e. The lowest BCUT2D eigenvalue weighted by Crippen LogP contribution is -2.19. The number of aromatic nitrogens is 1. The first-order chi connectivity index (χ1) is 11.2. The van der Waals surface area contributed by atoms with Gasteiger partial charge in [-0.3, -0.25) is 4.79 Å². The van der Waals surface area contributed by atoms with Crippen LogP contribution in [0.15, 0.2) is 48.5 Å². The molecule has 2 heterocycles. The average molecular weight is 307 g/mol. The van der Waals surface area contributed by atoms with Gasteiger partial charge in [-0.05, 0) is 43.5 Å². The van der Waals surface area contributed by atoms with Gasteiger partial charge in [0.25, 0.3) is 0 Å². The first-order valence-electron chi connectivity index (χ1n) is 7.99. The molecule has 1 N–H and O–H groups in total.